The highest BCUT2D eigenvalue weighted by Crippen LogP contribution is 2.74. The summed E-state index contributed by atoms with van der Waals surface area (Å²) in [6.45, 7) is 4.17. The van der Waals surface area contributed by atoms with E-state index in [-0.39, 0.29) is 0 Å². The molecular formula is C16H19F2NO. The average molecular weight is 279 g/mol. The summed E-state index contributed by atoms with van der Waals surface area (Å²) in [6, 6.07) is 7.42. The molecule has 1 aromatic carbocycles. The molecule has 0 aromatic heterocycles. The smallest absolute Gasteiger partial charge is 0.266 e. The van der Waals surface area contributed by atoms with Gasteiger partial charge in [-0.3, -0.25) is 4.79 Å². The topological polar surface area (TPSA) is 29.1 Å². The Morgan fingerprint density at radius 2 is 1.95 bits per heavy atom. The molecule has 2 aliphatic rings. The van der Waals surface area contributed by atoms with Gasteiger partial charge in [-0.1, -0.05) is 32.4 Å². The minimum Gasteiger partial charge on any atom is -0.325 e. The molecule has 2 unspecified atom stereocenters. The molecule has 108 valence electrons. The highest BCUT2D eigenvalue weighted by atomic mass is 19.3. The van der Waals surface area contributed by atoms with E-state index >= 15 is 0 Å². The average Bonchev–Trinajstić information content (AvgIpc) is 2.78. The lowest BCUT2D eigenvalue weighted by atomic mass is 10.0. The first-order valence-electron chi connectivity index (χ1n) is 7.19. The van der Waals surface area contributed by atoms with Crippen LogP contribution in [0.1, 0.15) is 44.6 Å². The monoisotopic (exact) mass is 279 g/mol. The summed E-state index contributed by atoms with van der Waals surface area (Å²) in [5.74, 6) is -3.66. The first kappa shape index (κ1) is 13.5. The van der Waals surface area contributed by atoms with Crippen LogP contribution in [-0.2, 0) is 4.79 Å². The molecule has 4 heteroatoms. The number of hydrogen-bond donors (Lipinski definition) is 1. The van der Waals surface area contributed by atoms with Crippen LogP contribution in [0.5, 0.6) is 0 Å². The van der Waals surface area contributed by atoms with Crippen LogP contribution in [0.2, 0.25) is 0 Å². The van der Waals surface area contributed by atoms with Crippen molar-refractivity contribution in [2.24, 2.45) is 11.3 Å². The highest BCUT2D eigenvalue weighted by Gasteiger charge is 2.85. The number of anilines is 1. The SMILES string of the molecule is CC(C)c1ccc(NC(=O)C23CCCC2C3(F)F)cc1. The lowest BCUT2D eigenvalue weighted by Gasteiger charge is -2.15. The van der Waals surface area contributed by atoms with Gasteiger partial charge in [-0.05, 0) is 36.5 Å². The molecule has 1 amide bonds. The molecule has 2 fully saturated rings. The number of rotatable bonds is 3. The fourth-order valence-electron chi connectivity index (χ4n) is 3.50. The lowest BCUT2D eigenvalue weighted by Crippen LogP contribution is -2.28. The van der Waals surface area contributed by atoms with Crippen molar-refractivity contribution in [3.8, 4) is 0 Å². The molecule has 20 heavy (non-hydrogen) atoms. The second-order valence-corrected chi connectivity index (χ2v) is 6.27. The van der Waals surface area contributed by atoms with Gasteiger partial charge in [0.15, 0.2) is 0 Å². The van der Waals surface area contributed by atoms with Crippen LogP contribution in [-0.4, -0.2) is 11.8 Å². The van der Waals surface area contributed by atoms with Gasteiger partial charge in [-0.2, -0.15) is 0 Å². The van der Waals surface area contributed by atoms with E-state index in [2.05, 4.69) is 19.2 Å². The van der Waals surface area contributed by atoms with E-state index in [9.17, 15) is 13.6 Å². The molecule has 0 radical (unpaired) electrons. The van der Waals surface area contributed by atoms with Crippen molar-refractivity contribution < 1.29 is 13.6 Å². The maximum Gasteiger partial charge on any atom is 0.266 e. The van der Waals surface area contributed by atoms with Crippen LogP contribution in [0, 0.1) is 11.3 Å². The van der Waals surface area contributed by atoms with Crippen LogP contribution in [0.4, 0.5) is 14.5 Å². The van der Waals surface area contributed by atoms with Gasteiger partial charge in [0, 0.05) is 11.6 Å². The number of nitrogens with one attached hydrogen (secondary N) is 1. The summed E-state index contributed by atoms with van der Waals surface area (Å²) >= 11 is 0. The maximum absolute atomic E-state index is 13.8. The molecule has 0 spiro atoms. The number of carbonyl (C=O) groups is 1. The van der Waals surface area contributed by atoms with Gasteiger partial charge in [0.25, 0.3) is 5.92 Å². The Morgan fingerprint density at radius 1 is 1.30 bits per heavy atom. The number of halogens is 2. The molecular weight excluding hydrogens is 260 g/mol. The van der Waals surface area contributed by atoms with Crippen LogP contribution in [0.15, 0.2) is 24.3 Å². The number of alkyl halides is 2. The highest BCUT2D eigenvalue weighted by molar-refractivity contribution is 5.99. The van der Waals surface area contributed by atoms with E-state index in [4.69, 9.17) is 0 Å². The van der Waals surface area contributed by atoms with Gasteiger partial charge in [-0.15, -0.1) is 0 Å². The zero-order chi connectivity index (χ0) is 14.5. The molecule has 1 aromatic rings. The van der Waals surface area contributed by atoms with Crippen molar-refractivity contribution >= 4 is 11.6 Å². The van der Waals surface area contributed by atoms with Gasteiger partial charge in [0.05, 0.1) is 0 Å². The standard InChI is InChI=1S/C16H19F2NO/c1-10(2)11-5-7-12(8-6-11)19-14(20)15-9-3-4-13(15)16(15,17)18/h5-8,10,13H,3-4,9H2,1-2H3,(H,19,20). The van der Waals surface area contributed by atoms with E-state index in [0.29, 0.717) is 24.4 Å². The summed E-state index contributed by atoms with van der Waals surface area (Å²) in [7, 11) is 0. The number of benzene rings is 1. The number of hydrogen-bond acceptors (Lipinski definition) is 1. The predicted octanol–water partition coefficient (Wildman–Crippen LogP) is 4.18. The molecule has 0 aliphatic heterocycles. The zero-order valence-corrected chi connectivity index (χ0v) is 11.7. The Labute approximate surface area is 117 Å². The van der Waals surface area contributed by atoms with E-state index in [1.54, 1.807) is 12.1 Å². The number of amides is 1. The Morgan fingerprint density at radius 3 is 2.45 bits per heavy atom. The van der Waals surface area contributed by atoms with Gasteiger partial charge in [-0.25, -0.2) is 8.78 Å². The van der Waals surface area contributed by atoms with E-state index < -0.39 is 23.2 Å². The summed E-state index contributed by atoms with van der Waals surface area (Å²) < 4.78 is 27.5. The van der Waals surface area contributed by atoms with E-state index in [1.165, 1.54) is 0 Å². The van der Waals surface area contributed by atoms with Crippen molar-refractivity contribution in [3.63, 3.8) is 0 Å². The third-order valence-electron chi connectivity index (χ3n) is 4.85. The molecule has 0 saturated heterocycles. The number of fused-ring (bicyclic) bond motifs is 1. The van der Waals surface area contributed by atoms with Crippen LogP contribution in [0.3, 0.4) is 0 Å². The summed E-state index contributed by atoms with van der Waals surface area (Å²) in [6.07, 6.45) is 1.49. The Bertz CT molecular complexity index is 538. The Hall–Kier alpha value is -1.45. The molecule has 2 saturated carbocycles. The van der Waals surface area contributed by atoms with Gasteiger partial charge in [0.2, 0.25) is 5.91 Å². The van der Waals surface area contributed by atoms with Crippen LogP contribution in [0.25, 0.3) is 0 Å². The van der Waals surface area contributed by atoms with Crippen molar-refractivity contribution in [2.45, 2.75) is 45.0 Å². The van der Waals surface area contributed by atoms with Crippen molar-refractivity contribution in [3.05, 3.63) is 29.8 Å². The van der Waals surface area contributed by atoms with Gasteiger partial charge >= 0.3 is 0 Å². The fourth-order valence-corrected chi connectivity index (χ4v) is 3.50. The van der Waals surface area contributed by atoms with Crippen LogP contribution < -0.4 is 5.32 Å². The quantitative estimate of drug-likeness (QED) is 0.883. The van der Waals surface area contributed by atoms with Crippen LogP contribution >= 0.6 is 0 Å². The first-order chi connectivity index (χ1) is 9.39. The summed E-state index contributed by atoms with van der Waals surface area (Å²) in [4.78, 5) is 12.2. The normalized spacial score (nSPS) is 30.1. The van der Waals surface area contributed by atoms with E-state index in [1.807, 2.05) is 12.1 Å². The van der Waals surface area contributed by atoms with Crippen molar-refractivity contribution in [1.29, 1.82) is 0 Å². The zero-order valence-electron chi connectivity index (χ0n) is 11.7. The van der Waals surface area contributed by atoms with Crippen molar-refractivity contribution in [1.82, 2.24) is 0 Å². The third kappa shape index (κ3) is 1.70. The summed E-state index contributed by atoms with van der Waals surface area (Å²) in [5, 5.41) is 2.67. The number of carbonyl (C=O) groups excluding carboxylic acids is 1. The first-order valence-corrected chi connectivity index (χ1v) is 7.19. The molecule has 2 nitrogen and oxygen atoms in total. The predicted molar refractivity (Wildman–Crippen MR) is 73.9 cm³/mol. The molecule has 2 aliphatic carbocycles. The maximum atomic E-state index is 13.8. The second-order valence-electron chi connectivity index (χ2n) is 6.27. The largest absolute Gasteiger partial charge is 0.325 e. The molecule has 1 N–H and O–H groups in total. The second kappa shape index (κ2) is 4.27. The molecule has 0 heterocycles. The van der Waals surface area contributed by atoms with Crippen molar-refractivity contribution in [2.75, 3.05) is 5.32 Å². The minimum absolute atomic E-state index is 0.306. The third-order valence-corrected chi connectivity index (χ3v) is 4.85. The molecule has 2 atom stereocenters. The van der Waals surface area contributed by atoms with Gasteiger partial charge in [0.1, 0.15) is 5.41 Å². The molecule has 3 rings (SSSR count). The Balaban J connectivity index is 1.74. The molecule has 0 bridgehead atoms. The van der Waals surface area contributed by atoms with E-state index in [0.717, 1.165) is 12.0 Å². The summed E-state index contributed by atoms with van der Waals surface area (Å²) in [5.41, 5.74) is 0.336. The Kier molecular flexibility index (Phi) is 2.89. The fraction of sp³-hybridized carbons (Fsp3) is 0.562. The minimum atomic E-state index is -2.81. The van der Waals surface area contributed by atoms with Gasteiger partial charge < -0.3 is 5.32 Å². The lowest BCUT2D eigenvalue weighted by molar-refractivity contribution is -0.125.